The molecule has 2 N–H and O–H groups in total. The number of hydrogen-bond acceptors (Lipinski definition) is 5. The lowest BCUT2D eigenvalue weighted by Crippen LogP contribution is -2.48. The second-order valence-corrected chi connectivity index (χ2v) is 6.38. The molecule has 7 nitrogen and oxygen atoms in total. The molecular formula is C16H20N6O. The Kier molecular flexibility index (Phi) is 3.78. The fraction of sp³-hybridized carbons (Fsp3) is 0.500. The van der Waals surface area contributed by atoms with Gasteiger partial charge in [0, 0.05) is 23.7 Å². The summed E-state index contributed by atoms with van der Waals surface area (Å²) >= 11 is 0. The van der Waals surface area contributed by atoms with Crippen LogP contribution in [0.5, 0.6) is 0 Å². The Balaban J connectivity index is 1.35. The van der Waals surface area contributed by atoms with Gasteiger partial charge in [0.2, 0.25) is 11.7 Å². The van der Waals surface area contributed by atoms with Crippen molar-refractivity contribution < 1.29 is 4.79 Å². The maximum atomic E-state index is 12.2. The molecule has 2 aromatic rings. The number of nitrogens with one attached hydrogen (secondary N) is 2. The molecule has 0 aliphatic carbocycles. The van der Waals surface area contributed by atoms with Gasteiger partial charge in [0.25, 0.3) is 0 Å². The van der Waals surface area contributed by atoms with E-state index in [9.17, 15) is 4.79 Å². The lowest BCUT2D eigenvalue weighted by atomic mass is 10.00. The van der Waals surface area contributed by atoms with E-state index in [2.05, 4.69) is 26.0 Å². The predicted octanol–water partition coefficient (Wildman–Crippen LogP) is 0.739. The molecule has 0 spiro atoms. The third kappa shape index (κ3) is 3.24. The van der Waals surface area contributed by atoms with Crippen LogP contribution in [-0.2, 0) is 11.3 Å². The van der Waals surface area contributed by atoms with Gasteiger partial charge in [-0.25, -0.2) is 0 Å². The highest BCUT2D eigenvalue weighted by Crippen LogP contribution is 2.26. The number of amides is 1. The van der Waals surface area contributed by atoms with E-state index in [0.29, 0.717) is 17.9 Å². The van der Waals surface area contributed by atoms with Gasteiger partial charge in [-0.05, 0) is 30.9 Å². The minimum absolute atomic E-state index is 0.0479. The fourth-order valence-corrected chi connectivity index (χ4v) is 3.59. The smallest absolute Gasteiger partial charge is 0.243 e. The number of fused-ring (bicyclic) bond motifs is 2. The first kappa shape index (κ1) is 14.3. The summed E-state index contributed by atoms with van der Waals surface area (Å²) in [5.74, 6) is 0.492. The van der Waals surface area contributed by atoms with Crippen molar-refractivity contribution in [2.24, 2.45) is 0 Å². The van der Waals surface area contributed by atoms with Gasteiger partial charge >= 0.3 is 0 Å². The minimum Gasteiger partial charge on any atom is -0.352 e. The molecule has 2 bridgehead atoms. The summed E-state index contributed by atoms with van der Waals surface area (Å²) in [5.41, 5.74) is 0.897. The van der Waals surface area contributed by atoms with Crippen LogP contribution < -0.4 is 10.6 Å². The zero-order valence-electron chi connectivity index (χ0n) is 12.9. The monoisotopic (exact) mass is 312 g/mol. The van der Waals surface area contributed by atoms with E-state index >= 15 is 0 Å². The van der Waals surface area contributed by atoms with Crippen LogP contribution in [0.4, 0.5) is 0 Å². The molecule has 4 rings (SSSR count). The Morgan fingerprint density at radius 3 is 2.70 bits per heavy atom. The first-order chi connectivity index (χ1) is 11.3. The molecule has 1 aromatic heterocycles. The lowest BCUT2D eigenvalue weighted by Gasteiger charge is -2.29. The van der Waals surface area contributed by atoms with Crippen molar-refractivity contribution in [3.05, 3.63) is 30.3 Å². The highest BCUT2D eigenvalue weighted by Gasteiger charge is 2.33. The van der Waals surface area contributed by atoms with Gasteiger partial charge in [-0.1, -0.05) is 30.3 Å². The van der Waals surface area contributed by atoms with Gasteiger partial charge in [-0.15, -0.1) is 10.2 Å². The Morgan fingerprint density at radius 2 is 1.96 bits per heavy atom. The fourth-order valence-electron chi connectivity index (χ4n) is 3.59. The van der Waals surface area contributed by atoms with E-state index in [0.717, 1.165) is 18.4 Å². The van der Waals surface area contributed by atoms with Crippen molar-refractivity contribution in [3.8, 4) is 11.4 Å². The molecule has 3 heterocycles. The summed E-state index contributed by atoms with van der Waals surface area (Å²) < 4.78 is 0. The number of aromatic nitrogens is 4. The van der Waals surface area contributed by atoms with E-state index in [4.69, 9.17) is 0 Å². The molecule has 0 saturated carbocycles. The third-order valence-electron chi connectivity index (χ3n) is 4.61. The molecule has 2 aliphatic rings. The lowest BCUT2D eigenvalue weighted by molar-refractivity contribution is -0.123. The zero-order valence-corrected chi connectivity index (χ0v) is 12.9. The van der Waals surface area contributed by atoms with Crippen molar-refractivity contribution in [1.82, 2.24) is 30.8 Å². The van der Waals surface area contributed by atoms with Gasteiger partial charge in [0.05, 0.1) is 0 Å². The minimum atomic E-state index is -0.0479. The number of rotatable bonds is 4. The van der Waals surface area contributed by atoms with E-state index in [1.807, 2.05) is 30.3 Å². The normalized spacial score (nSPS) is 26.2. The van der Waals surface area contributed by atoms with Crippen molar-refractivity contribution in [2.75, 3.05) is 0 Å². The van der Waals surface area contributed by atoms with Crippen LogP contribution in [0.1, 0.15) is 25.7 Å². The van der Waals surface area contributed by atoms with E-state index in [-0.39, 0.29) is 18.5 Å². The van der Waals surface area contributed by atoms with E-state index in [1.54, 1.807) is 0 Å². The van der Waals surface area contributed by atoms with Crippen LogP contribution in [0.2, 0.25) is 0 Å². The molecule has 1 aromatic carbocycles. The van der Waals surface area contributed by atoms with Crippen molar-refractivity contribution in [1.29, 1.82) is 0 Å². The maximum Gasteiger partial charge on any atom is 0.243 e. The molecule has 0 radical (unpaired) electrons. The van der Waals surface area contributed by atoms with Gasteiger partial charge in [0.15, 0.2) is 0 Å². The standard InChI is InChI=1S/C16H20N6O/c23-15(18-14-8-12-6-7-13(9-14)17-12)10-22-20-16(19-21-22)11-4-2-1-3-5-11/h1-5,12-14,17H,6-10H2,(H,18,23). The van der Waals surface area contributed by atoms with Crippen LogP contribution >= 0.6 is 0 Å². The third-order valence-corrected chi connectivity index (χ3v) is 4.61. The van der Waals surface area contributed by atoms with Crippen LogP contribution in [0.25, 0.3) is 11.4 Å². The summed E-state index contributed by atoms with van der Waals surface area (Å²) in [6.07, 6.45) is 4.48. The Bertz CT molecular complexity index is 673. The van der Waals surface area contributed by atoms with Gasteiger partial charge < -0.3 is 10.6 Å². The number of carbonyl (C=O) groups is 1. The second kappa shape index (κ2) is 6.08. The van der Waals surface area contributed by atoms with Gasteiger partial charge in [-0.3, -0.25) is 4.79 Å². The molecule has 2 atom stereocenters. The average Bonchev–Trinajstić information content (AvgIpc) is 3.15. The van der Waals surface area contributed by atoms with E-state index < -0.39 is 0 Å². The maximum absolute atomic E-state index is 12.2. The molecule has 120 valence electrons. The number of carbonyl (C=O) groups excluding carboxylic acids is 1. The zero-order chi connectivity index (χ0) is 15.6. The van der Waals surface area contributed by atoms with Gasteiger partial charge in [-0.2, -0.15) is 4.80 Å². The first-order valence-electron chi connectivity index (χ1n) is 8.15. The Labute approximate surface area is 134 Å². The largest absolute Gasteiger partial charge is 0.352 e. The summed E-state index contributed by atoms with van der Waals surface area (Å²) in [4.78, 5) is 13.6. The van der Waals surface area contributed by atoms with Crippen molar-refractivity contribution >= 4 is 5.91 Å². The number of nitrogens with zero attached hydrogens (tertiary/aromatic N) is 4. The van der Waals surface area contributed by atoms with Crippen LogP contribution in [0, 0.1) is 0 Å². The summed E-state index contributed by atoms with van der Waals surface area (Å²) in [5, 5.41) is 18.9. The first-order valence-corrected chi connectivity index (χ1v) is 8.15. The highest BCUT2D eigenvalue weighted by molar-refractivity contribution is 5.75. The molecule has 2 saturated heterocycles. The highest BCUT2D eigenvalue weighted by atomic mass is 16.2. The molecule has 2 fully saturated rings. The van der Waals surface area contributed by atoms with Crippen LogP contribution in [-0.4, -0.2) is 44.2 Å². The Morgan fingerprint density at radius 1 is 1.22 bits per heavy atom. The SMILES string of the molecule is O=C(Cn1nnc(-c2ccccc2)n1)NC1CC2CCC(C1)N2. The average molecular weight is 312 g/mol. The van der Waals surface area contributed by atoms with Crippen LogP contribution in [0.15, 0.2) is 30.3 Å². The molecule has 7 heteroatoms. The topological polar surface area (TPSA) is 84.7 Å². The summed E-state index contributed by atoms with van der Waals surface area (Å²) in [7, 11) is 0. The number of benzene rings is 1. The van der Waals surface area contributed by atoms with E-state index in [1.165, 1.54) is 17.6 Å². The molecular weight excluding hydrogens is 292 g/mol. The molecule has 23 heavy (non-hydrogen) atoms. The van der Waals surface area contributed by atoms with Gasteiger partial charge in [0.1, 0.15) is 6.54 Å². The van der Waals surface area contributed by atoms with Crippen molar-refractivity contribution in [2.45, 2.75) is 50.4 Å². The number of tetrazole rings is 1. The van der Waals surface area contributed by atoms with Crippen molar-refractivity contribution in [3.63, 3.8) is 0 Å². The number of hydrogen-bond donors (Lipinski definition) is 2. The summed E-state index contributed by atoms with van der Waals surface area (Å²) in [6, 6.07) is 11.0. The molecule has 2 aliphatic heterocycles. The quantitative estimate of drug-likeness (QED) is 0.870. The summed E-state index contributed by atoms with van der Waals surface area (Å²) in [6.45, 7) is 0.110. The molecule has 2 unspecified atom stereocenters. The number of piperidine rings is 1. The Hall–Kier alpha value is -2.28. The molecule has 1 amide bonds. The predicted molar refractivity (Wildman–Crippen MR) is 84.4 cm³/mol. The van der Waals surface area contributed by atoms with Crippen LogP contribution in [0.3, 0.4) is 0 Å². The second-order valence-electron chi connectivity index (χ2n) is 6.38.